The standard InChI is InChI=1S/C17H28N4/c1-14(2)18-20-17-13-15-11-9-7-5-3-4-6-8-10-12-16(15)19-21-17/h13-14H,3-12H2,1-2H3. The summed E-state index contributed by atoms with van der Waals surface area (Å²) in [6, 6.07) is 2.30. The third-order valence-corrected chi connectivity index (χ3v) is 3.95. The van der Waals surface area contributed by atoms with E-state index in [1.807, 2.05) is 13.8 Å². The largest absolute Gasteiger partial charge is 0.196 e. The monoisotopic (exact) mass is 288 g/mol. The van der Waals surface area contributed by atoms with E-state index in [4.69, 9.17) is 0 Å². The van der Waals surface area contributed by atoms with Gasteiger partial charge in [-0.25, -0.2) is 0 Å². The zero-order valence-corrected chi connectivity index (χ0v) is 13.5. The highest BCUT2D eigenvalue weighted by Crippen LogP contribution is 2.20. The summed E-state index contributed by atoms with van der Waals surface area (Å²) < 4.78 is 0. The highest BCUT2D eigenvalue weighted by Gasteiger charge is 2.08. The highest BCUT2D eigenvalue weighted by atomic mass is 15.2. The summed E-state index contributed by atoms with van der Waals surface area (Å²) in [5.74, 6) is 0.662. The summed E-state index contributed by atoms with van der Waals surface area (Å²) >= 11 is 0. The van der Waals surface area contributed by atoms with Gasteiger partial charge in [0.15, 0.2) is 5.82 Å². The Morgan fingerprint density at radius 1 is 0.857 bits per heavy atom. The van der Waals surface area contributed by atoms with Gasteiger partial charge in [0.05, 0.1) is 11.7 Å². The van der Waals surface area contributed by atoms with Gasteiger partial charge in [-0.2, -0.15) is 10.2 Å². The minimum atomic E-state index is 0.202. The summed E-state index contributed by atoms with van der Waals surface area (Å²) in [5.41, 5.74) is 2.52. The minimum absolute atomic E-state index is 0.202. The molecule has 0 amide bonds. The van der Waals surface area contributed by atoms with E-state index in [0.29, 0.717) is 5.82 Å². The lowest BCUT2D eigenvalue weighted by atomic mass is 9.99. The van der Waals surface area contributed by atoms with Crippen molar-refractivity contribution in [1.82, 2.24) is 10.2 Å². The fourth-order valence-electron chi connectivity index (χ4n) is 2.76. The molecule has 4 nitrogen and oxygen atoms in total. The molecule has 0 saturated heterocycles. The molecule has 0 bridgehead atoms. The Hall–Kier alpha value is -1.32. The molecule has 2 rings (SSSR count). The van der Waals surface area contributed by atoms with Gasteiger partial charge in [-0.3, -0.25) is 0 Å². The van der Waals surface area contributed by atoms with E-state index < -0.39 is 0 Å². The Balaban J connectivity index is 2.10. The zero-order valence-electron chi connectivity index (χ0n) is 13.5. The lowest BCUT2D eigenvalue weighted by molar-refractivity contribution is 0.555. The molecule has 0 N–H and O–H groups in total. The maximum Gasteiger partial charge on any atom is 0.196 e. The van der Waals surface area contributed by atoms with Gasteiger partial charge < -0.3 is 0 Å². The van der Waals surface area contributed by atoms with Gasteiger partial charge in [0, 0.05) is 0 Å². The van der Waals surface area contributed by atoms with E-state index >= 15 is 0 Å². The fraction of sp³-hybridized carbons (Fsp3) is 0.765. The molecule has 1 aromatic heterocycles. The quantitative estimate of drug-likeness (QED) is 0.703. The highest BCUT2D eigenvalue weighted by molar-refractivity contribution is 5.32. The molecule has 0 aromatic carbocycles. The molecule has 0 atom stereocenters. The van der Waals surface area contributed by atoms with E-state index in [9.17, 15) is 0 Å². The van der Waals surface area contributed by atoms with Crippen LogP contribution >= 0.6 is 0 Å². The number of aromatic nitrogens is 2. The molecule has 0 saturated carbocycles. The van der Waals surface area contributed by atoms with E-state index in [2.05, 4.69) is 26.5 Å². The summed E-state index contributed by atoms with van der Waals surface area (Å²) in [6.07, 6.45) is 12.8. The van der Waals surface area contributed by atoms with E-state index in [1.165, 1.54) is 62.6 Å². The normalized spacial score (nSPS) is 18.2. The van der Waals surface area contributed by atoms with Gasteiger partial charge in [-0.15, -0.1) is 10.2 Å². The molecule has 0 aliphatic heterocycles. The van der Waals surface area contributed by atoms with Crippen molar-refractivity contribution in [2.45, 2.75) is 84.1 Å². The second kappa shape index (κ2) is 8.85. The molecule has 116 valence electrons. The smallest absolute Gasteiger partial charge is 0.184 e. The summed E-state index contributed by atoms with van der Waals surface area (Å²) in [6.45, 7) is 4.04. The van der Waals surface area contributed by atoms with Crippen LogP contribution in [0.5, 0.6) is 0 Å². The van der Waals surface area contributed by atoms with Gasteiger partial charge in [0.1, 0.15) is 0 Å². The number of azo groups is 1. The van der Waals surface area contributed by atoms with Crippen LogP contribution in [0.1, 0.15) is 76.5 Å². The Kier molecular flexibility index (Phi) is 6.77. The van der Waals surface area contributed by atoms with Crippen LogP contribution in [0.3, 0.4) is 0 Å². The molecule has 4 heteroatoms. The van der Waals surface area contributed by atoms with Gasteiger partial charge in [-0.05, 0) is 51.2 Å². The topological polar surface area (TPSA) is 50.5 Å². The van der Waals surface area contributed by atoms with E-state index in [0.717, 1.165) is 12.8 Å². The van der Waals surface area contributed by atoms with E-state index in [-0.39, 0.29) is 6.04 Å². The van der Waals surface area contributed by atoms with Crippen LogP contribution in [0.4, 0.5) is 5.82 Å². The van der Waals surface area contributed by atoms with Crippen molar-refractivity contribution in [3.8, 4) is 0 Å². The Labute approximate surface area is 128 Å². The van der Waals surface area contributed by atoms with Crippen molar-refractivity contribution in [3.63, 3.8) is 0 Å². The molecule has 0 unspecified atom stereocenters. The van der Waals surface area contributed by atoms with Crippen LogP contribution < -0.4 is 0 Å². The number of hydrogen-bond donors (Lipinski definition) is 0. The molecule has 1 aliphatic rings. The Morgan fingerprint density at radius 2 is 1.48 bits per heavy atom. The maximum absolute atomic E-state index is 4.42. The first-order chi connectivity index (χ1) is 10.3. The van der Waals surface area contributed by atoms with Crippen molar-refractivity contribution in [3.05, 3.63) is 17.3 Å². The molecular weight excluding hydrogens is 260 g/mol. The second-order valence-corrected chi connectivity index (χ2v) is 6.31. The van der Waals surface area contributed by atoms with Crippen LogP contribution in [0, 0.1) is 0 Å². The lowest BCUT2D eigenvalue weighted by Gasteiger charge is -2.10. The number of nitrogens with zero attached hydrogens (tertiary/aromatic N) is 4. The number of hydrogen-bond acceptors (Lipinski definition) is 4. The van der Waals surface area contributed by atoms with Gasteiger partial charge >= 0.3 is 0 Å². The first-order valence-electron chi connectivity index (χ1n) is 8.52. The number of aryl methyl sites for hydroxylation is 2. The molecular formula is C17H28N4. The van der Waals surface area contributed by atoms with E-state index in [1.54, 1.807) is 0 Å². The van der Waals surface area contributed by atoms with Gasteiger partial charge in [0.2, 0.25) is 0 Å². The van der Waals surface area contributed by atoms with Gasteiger partial charge in [0.25, 0.3) is 0 Å². The average molecular weight is 288 g/mol. The third kappa shape index (κ3) is 5.90. The summed E-state index contributed by atoms with van der Waals surface area (Å²) in [4.78, 5) is 0. The molecule has 1 aromatic rings. The zero-order chi connectivity index (χ0) is 14.9. The average Bonchev–Trinajstić information content (AvgIpc) is 2.46. The van der Waals surface area contributed by atoms with Crippen LogP contribution in [0.15, 0.2) is 16.3 Å². The van der Waals surface area contributed by atoms with Crippen molar-refractivity contribution in [1.29, 1.82) is 0 Å². The van der Waals surface area contributed by atoms with Crippen LogP contribution in [-0.2, 0) is 12.8 Å². The Morgan fingerprint density at radius 3 is 2.14 bits per heavy atom. The third-order valence-electron chi connectivity index (χ3n) is 3.95. The fourth-order valence-corrected chi connectivity index (χ4v) is 2.76. The van der Waals surface area contributed by atoms with Crippen LogP contribution in [0.2, 0.25) is 0 Å². The molecule has 0 spiro atoms. The molecule has 0 radical (unpaired) electrons. The lowest BCUT2D eigenvalue weighted by Crippen LogP contribution is -2.02. The van der Waals surface area contributed by atoms with Crippen LogP contribution in [-0.4, -0.2) is 16.2 Å². The summed E-state index contributed by atoms with van der Waals surface area (Å²) in [5, 5.41) is 17.0. The molecule has 1 heterocycles. The summed E-state index contributed by atoms with van der Waals surface area (Å²) in [7, 11) is 0. The predicted molar refractivity (Wildman–Crippen MR) is 86.0 cm³/mol. The predicted octanol–water partition coefficient (Wildman–Crippen LogP) is 5.19. The first kappa shape index (κ1) is 16.1. The maximum atomic E-state index is 4.42. The number of rotatable bonds is 2. The van der Waals surface area contributed by atoms with Crippen molar-refractivity contribution in [2.75, 3.05) is 0 Å². The van der Waals surface area contributed by atoms with Gasteiger partial charge in [-0.1, -0.05) is 38.5 Å². The molecule has 21 heavy (non-hydrogen) atoms. The SMILES string of the molecule is CC(C)N=Nc1cc2c(nn1)CCCCCCCCCC2. The Bertz CT molecular complexity index is 454. The first-order valence-corrected chi connectivity index (χ1v) is 8.52. The van der Waals surface area contributed by atoms with Crippen molar-refractivity contribution in [2.24, 2.45) is 10.2 Å². The number of fused-ring (bicyclic) bond motifs is 1. The van der Waals surface area contributed by atoms with Crippen molar-refractivity contribution >= 4 is 5.82 Å². The minimum Gasteiger partial charge on any atom is -0.184 e. The van der Waals surface area contributed by atoms with Crippen LogP contribution in [0.25, 0.3) is 0 Å². The second-order valence-electron chi connectivity index (χ2n) is 6.31. The van der Waals surface area contributed by atoms with Crippen molar-refractivity contribution < 1.29 is 0 Å². The molecule has 0 fully saturated rings. The molecule has 1 aliphatic carbocycles.